The number of ether oxygens (including phenoxy) is 1. The highest BCUT2D eigenvalue weighted by atomic mass is 16.5. The maximum absolute atomic E-state index is 12.8. The molecule has 0 aromatic heterocycles. The van der Waals surface area contributed by atoms with Crippen LogP contribution in [0.1, 0.15) is 33.1 Å². The van der Waals surface area contributed by atoms with Crippen LogP contribution in [-0.2, 0) is 4.79 Å². The van der Waals surface area contributed by atoms with E-state index in [1.165, 1.54) is 0 Å². The zero-order chi connectivity index (χ0) is 16.2. The monoisotopic (exact) mass is 311 g/mol. The first-order valence-corrected chi connectivity index (χ1v) is 8.62. The number of rotatable bonds is 4. The van der Waals surface area contributed by atoms with Crippen LogP contribution in [0.25, 0.3) is 10.8 Å². The molecule has 0 aliphatic carbocycles. The van der Waals surface area contributed by atoms with Crippen molar-refractivity contribution in [2.24, 2.45) is 5.92 Å². The summed E-state index contributed by atoms with van der Waals surface area (Å²) in [5, 5.41) is 2.20. The van der Waals surface area contributed by atoms with Gasteiger partial charge in [0, 0.05) is 18.5 Å². The van der Waals surface area contributed by atoms with Crippen molar-refractivity contribution in [1.82, 2.24) is 4.90 Å². The summed E-state index contributed by atoms with van der Waals surface area (Å²) in [4.78, 5) is 14.7. The Hall–Kier alpha value is -2.03. The zero-order valence-corrected chi connectivity index (χ0v) is 14.0. The lowest BCUT2D eigenvalue weighted by Gasteiger charge is -2.33. The van der Waals surface area contributed by atoms with E-state index in [9.17, 15) is 4.79 Å². The van der Waals surface area contributed by atoms with Gasteiger partial charge in [-0.25, -0.2) is 0 Å². The molecule has 0 N–H and O–H groups in total. The van der Waals surface area contributed by atoms with Crippen molar-refractivity contribution in [3.05, 3.63) is 42.5 Å². The van der Waals surface area contributed by atoms with Crippen LogP contribution in [0.15, 0.2) is 42.5 Å². The van der Waals surface area contributed by atoms with Gasteiger partial charge in [0.2, 0.25) is 0 Å². The Morgan fingerprint density at radius 3 is 2.61 bits per heavy atom. The van der Waals surface area contributed by atoms with Crippen molar-refractivity contribution >= 4 is 16.7 Å². The van der Waals surface area contributed by atoms with Crippen LogP contribution in [-0.4, -0.2) is 30.0 Å². The number of piperidine rings is 1. The summed E-state index contributed by atoms with van der Waals surface area (Å²) in [5.41, 5.74) is 0. The third kappa shape index (κ3) is 3.49. The van der Waals surface area contributed by atoms with Gasteiger partial charge in [0.25, 0.3) is 5.91 Å². The average Bonchev–Trinajstić information content (AvgIpc) is 2.60. The number of nitrogens with zero attached hydrogens (tertiary/aromatic N) is 1. The van der Waals surface area contributed by atoms with Crippen molar-refractivity contribution in [1.29, 1.82) is 0 Å². The molecule has 1 saturated heterocycles. The lowest BCUT2D eigenvalue weighted by Crippen LogP contribution is -2.45. The van der Waals surface area contributed by atoms with Gasteiger partial charge >= 0.3 is 0 Å². The molecule has 0 unspecified atom stereocenters. The minimum Gasteiger partial charge on any atom is -0.480 e. The lowest BCUT2D eigenvalue weighted by molar-refractivity contribution is -0.140. The van der Waals surface area contributed by atoms with Crippen molar-refractivity contribution in [3.8, 4) is 5.75 Å². The quantitative estimate of drug-likeness (QED) is 0.844. The number of benzene rings is 2. The molecule has 0 spiro atoms. The highest BCUT2D eigenvalue weighted by Gasteiger charge is 2.27. The normalized spacial score (nSPS) is 17.2. The first-order chi connectivity index (χ1) is 11.2. The Kier molecular flexibility index (Phi) is 4.85. The predicted octanol–water partition coefficient (Wildman–Crippen LogP) is 4.26. The second-order valence-electron chi connectivity index (χ2n) is 6.50. The fraction of sp³-hybridized carbons (Fsp3) is 0.450. The standard InChI is InChI=1S/C20H25NO2/c1-3-18(20(22)21-13-11-15(2)12-14-21)23-19-10-6-8-16-7-4-5-9-17(16)19/h4-10,15,18H,3,11-14H2,1-2H3/t18-/m1/s1. The summed E-state index contributed by atoms with van der Waals surface area (Å²) in [6, 6.07) is 14.1. The SMILES string of the molecule is CC[C@@H](Oc1cccc2ccccc12)C(=O)N1CCC(C)CC1. The Balaban J connectivity index is 1.77. The fourth-order valence-corrected chi connectivity index (χ4v) is 3.19. The molecular weight excluding hydrogens is 286 g/mol. The predicted molar refractivity (Wildman–Crippen MR) is 93.6 cm³/mol. The van der Waals surface area contributed by atoms with Gasteiger partial charge in [0.05, 0.1) is 0 Å². The molecule has 122 valence electrons. The van der Waals surface area contributed by atoms with Crippen LogP contribution < -0.4 is 4.74 Å². The van der Waals surface area contributed by atoms with Gasteiger partial charge < -0.3 is 9.64 Å². The first-order valence-electron chi connectivity index (χ1n) is 8.62. The Morgan fingerprint density at radius 1 is 1.17 bits per heavy atom. The maximum atomic E-state index is 12.8. The molecule has 1 aliphatic rings. The van der Waals surface area contributed by atoms with Gasteiger partial charge in [-0.3, -0.25) is 4.79 Å². The van der Waals surface area contributed by atoms with Crippen molar-refractivity contribution in [3.63, 3.8) is 0 Å². The van der Waals surface area contributed by atoms with E-state index in [0.29, 0.717) is 6.42 Å². The van der Waals surface area contributed by atoms with Crippen molar-refractivity contribution < 1.29 is 9.53 Å². The molecular formula is C20H25NO2. The molecule has 3 rings (SSSR count). The van der Waals surface area contributed by atoms with Gasteiger partial charge in [-0.2, -0.15) is 0 Å². The summed E-state index contributed by atoms with van der Waals surface area (Å²) in [7, 11) is 0. The van der Waals surface area contributed by atoms with Gasteiger partial charge in [-0.15, -0.1) is 0 Å². The largest absolute Gasteiger partial charge is 0.480 e. The van der Waals surface area contributed by atoms with Crippen molar-refractivity contribution in [2.45, 2.75) is 39.2 Å². The van der Waals surface area contributed by atoms with Gasteiger partial charge in [-0.1, -0.05) is 50.2 Å². The number of fused-ring (bicyclic) bond motifs is 1. The molecule has 23 heavy (non-hydrogen) atoms. The summed E-state index contributed by atoms with van der Waals surface area (Å²) in [6.45, 7) is 5.98. The Labute approximate surface area is 138 Å². The molecule has 2 aromatic carbocycles. The van der Waals surface area contributed by atoms with E-state index in [-0.39, 0.29) is 5.91 Å². The maximum Gasteiger partial charge on any atom is 0.263 e. The topological polar surface area (TPSA) is 29.5 Å². The summed E-state index contributed by atoms with van der Waals surface area (Å²) < 4.78 is 6.13. The lowest BCUT2D eigenvalue weighted by atomic mass is 9.99. The zero-order valence-electron chi connectivity index (χ0n) is 14.0. The second kappa shape index (κ2) is 7.03. The summed E-state index contributed by atoms with van der Waals surface area (Å²) >= 11 is 0. The van der Waals surface area contributed by atoms with E-state index < -0.39 is 6.10 Å². The molecule has 1 aliphatic heterocycles. The van der Waals surface area contributed by atoms with E-state index in [2.05, 4.69) is 19.1 Å². The first kappa shape index (κ1) is 15.9. The van der Waals surface area contributed by atoms with Crippen LogP contribution >= 0.6 is 0 Å². The van der Waals surface area contributed by atoms with E-state index in [4.69, 9.17) is 4.74 Å². The minimum absolute atomic E-state index is 0.132. The second-order valence-corrected chi connectivity index (χ2v) is 6.50. The number of carbonyl (C=O) groups is 1. The highest BCUT2D eigenvalue weighted by molar-refractivity contribution is 5.89. The highest BCUT2D eigenvalue weighted by Crippen LogP contribution is 2.27. The molecule has 2 aromatic rings. The van der Waals surface area contributed by atoms with E-state index in [1.807, 2.05) is 42.2 Å². The minimum atomic E-state index is -0.394. The van der Waals surface area contributed by atoms with Crippen LogP contribution in [0.2, 0.25) is 0 Å². The number of carbonyl (C=O) groups excluding carboxylic acids is 1. The molecule has 1 heterocycles. The molecule has 1 fully saturated rings. The number of hydrogen-bond acceptors (Lipinski definition) is 2. The Bertz CT molecular complexity index is 669. The van der Waals surface area contributed by atoms with Gasteiger partial charge in [-0.05, 0) is 36.6 Å². The molecule has 0 saturated carbocycles. The van der Waals surface area contributed by atoms with Crippen molar-refractivity contribution in [2.75, 3.05) is 13.1 Å². The molecule has 0 bridgehead atoms. The van der Waals surface area contributed by atoms with Crippen LogP contribution in [0, 0.1) is 5.92 Å². The molecule has 1 amide bonds. The molecule has 0 radical (unpaired) electrons. The van der Waals surface area contributed by atoms with Crippen LogP contribution in [0.5, 0.6) is 5.75 Å². The number of likely N-dealkylation sites (tertiary alicyclic amines) is 1. The molecule has 3 heteroatoms. The average molecular weight is 311 g/mol. The van der Waals surface area contributed by atoms with E-state index >= 15 is 0 Å². The van der Waals surface area contributed by atoms with Gasteiger partial charge in [0.1, 0.15) is 5.75 Å². The molecule has 1 atom stereocenters. The smallest absolute Gasteiger partial charge is 0.263 e. The molecule has 3 nitrogen and oxygen atoms in total. The Morgan fingerprint density at radius 2 is 1.87 bits per heavy atom. The number of hydrogen-bond donors (Lipinski definition) is 0. The third-order valence-electron chi connectivity index (χ3n) is 4.76. The van der Waals surface area contributed by atoms with Gasteiger partial charge in [0.15, 0.2) is 6.10 Å². The number of amides is 1. The van der Waals surface area contributed by atoms with E-state index in [1.54, 1.807) is 0 Å². The van der Waals surface area contributed by atoms with Crippen LogP contribution in [0.3, 0.4) is 0 Å². The third-order valence-corrected chi connectivity index (χ3v) is 4.76. The van der Waals surface area contributed by atoms with Crippen LogP contribution in [0.4, 0.5) is 0 Å². The van der Waals surface area contributed by atoms with E-state index in [0.717, 1.165) is 48.4 Å². The summed E-state index contributed by atoms with van der Waals surface area (Å²) in [6.07, 6.45) is 2.48. The summed E-state index contributed by atoms with van der Waals surface area (Å²) in [5.74, 6) is 1.65. The fourth-order valence-electron chi connectivity index (χ4n) is 3.19.